The number of anilines is 3. The summed E-state index contributed by atoms with van der Waals surface area (Å²) >= 11 is 0. The molecule has 8 nitrogen and oxygen atoms in total. The second kappa shape index (κ2) is 7.87. The van der Waals surface area contributed by atoms with E-state index in [2.05, 4.69) is 30.1 Å². The predicted molar refractivity (Wildman–Crippen MR) is 103 cm³/mol. The summed E-state index contributed by atoms with van der Waals surface area (Å²) in [5, 5.41) is 2.85. The fourth-order valence-corrected chi connectivity index (χ4v) is 3.10. The highest BCUT2D eigenvalue weighted by atomic mass is 16.5. The Morgan fingerprint density at radius 2 is 2.07 bits per heavy atom. The summed E-state index contributed by atoms with van der Waals surface area (Å²) in [7, 11) is 2.00. The Morgan fingerprint density at radius 1 is 1.26 bits per heavy atom. The molecular formula is C19H24N6O2. The Balaban J connectivity index is 1.39. The van der Waals surface area contributed by atoms with Crippen LogP contribution in [0.1, 0.15) is 23.3 Å². The zero-order chi connectivity index (χ0) is 18.6. The van der Waals surface area contributed by atoms with Crippen LogP contribution in [0.15, 0.2) is 30.7 Å². The molecule has 0 spiro atoms. The molecule has 2 fully saturated rings. The van der Waals surface area contributed by atoms with Crippen molar-refractivity contribution in [2.45, 2.75) is 12.8 Å². The summed E-state index contributed by atoms with van der Waals surface area (Å²) in [5.41, 5.74) is 0.989. The molecule has 1 aliphatic heterocycles. The molecule has 3 heterocycles. The highest BCUT2D eigenvalue weighted by Crippen LogP contribution is 2.30. The molecule has 8 heteroatoms. The summed E-state index contributed by atoms with van der Waals surface area (Å²) in [5.74, 6) is 2.14. The van der Waals surface area contributed by atoms with Crippen molar-refractivity contribution < 1.29 is 9.53 Å². The Bertz CT molecular complexity index is 787. The van der Waals surface area contributed by atoms with Gasteiger partial charge in [0.05, 0.1) is 25.1 Å². The van der Waals surface area contributed by atoms with Crippen molar-refractivity contribution in [2.75, 3.05) is 55.0 Å². The molecule has 1 saturated heterocycles. The van der Waals surface area contributed by atoms with Gasteiger partial charge in [-0.15, -0.1) is 0 Å². The first-order valence-electron chi connectivity index (χ1n) is 9.32. The van der Waals surface area contributed by atoms with Crippen LogP contribution < -0.4 is 15.1 Å². The summed E-state index contributed by atoms with van der Waals surface area (Å²) in [6.45, 7) is 4.05. The van der Waals surface area contributed by atoms with Gasteiger partial charge in [0.2, 0.25) is 0 Å². The third-order valence-electron chi connectivity index (χ3n) is 4.85. The van der Waals surface area contributed by atoms with Crippen molar-refractivity contribution in [3.05, 3.63) is 36.4 Å². The van der Waals surface area contributed by atoms with Crippen LogP contribution in [0.5, 0.6) is 0 Å². The van der Waals surface area contributed by atoms with Gasteiger partial charge in [0.25, 0.3) is 5.91 Å². The number of nitrogens with zero attached hydrogens (tertiary/aromatic N) is 5. The molecule has 0 unspecified atom stereocenters. The number of rotatable bonds is 6. The third-order valence-corrected chi connectivity index (χ3v) is 4.85. The van der Waals surface area contributed by atoms with Gasteiger partial charge in [-0.3, -0.25) is 4.79 Å². The lowest BCUT2D eigenvalue weighted by atomic mass is 10.3. The van der Waals surface area contributed by atoms with Crippen LogP contribution in [0.3, 0.4) is 0 Å². The lowest BCUT2D eigenvalue weighted by molar-refractivity contribution is 0.102. The molecule has 142 valence electrons. The molecule has 1 amide bonds. The summed E-state index contributed by atoms with van der Waals surface area (Å²) in [6, 6.07) is 5.50. The summed E-state index contributed by atoms with van der Waals surface area (Å²) in [4.78, 5) is 29.6. The minimum Gasteiger partial charge on any atom is -0.378 e. The molecular weight excluding hydrogens is 344 g/mol. The first kappa shape index (κ1) is 17.7. The van der Waals surface area contributed by atoms with Crippen LogP contribution in [0.4, 0.5) is 17.3 Å². The lowest BCUT2D eigenvalue weighted by Crippen LogP contribution is -2.36. The average molecular weight is 368 g/mol. The smallest absolute Gasteiger partial charge is 0.274 e. The van der Waals surface area contributed by atoms with Gasteiger partial charge in [-0.05, 0) is 30.9 Å². The normalized spacial score (nSPS) is 16.9. The maximum Gasteiger partial charge on any atom is 0.274 e. The second-order valence-electron chi connectivity index (χ2n) is 7.04. The van der Waals surface area contributed by atoms with Gasteiger partial charge < -0.3 is 19.9 Å². The maximum atomic E-state index is 12.5. The topological polar surface area (TPSA) is 83.5 Å². The fourth-order valence-electron chi connectivity index (χ4n) is 3.10. The molecule has 0 bridgehead atoms. The van der Waals surface area contributed by atoms with Crippen LogP contribution in [0, 0.1) is 5.92 Å². The number of carbonyl (C=O) groups is 1. The van der Waals surface area contributed by atoms with Crippen molar-refractivity contribution in [1.29, 1.82) is 0 Å². The molecule has 1 aliphatic carbocycles. The Hall–Kier alpha value is -2.74. The minimum absolute atomic E-state index is 0.264. The number of pyridine rings is 1. The second-order valence-corrected chi connectivity index (χ2v) is 7.04. The highest BCUT2D eigenvalue weighted by molar-refractivity contribution is 6.03. The molecule has 0 aromatic carbocycles. The SMILES string of the molecule is CN(CC1CC1)c1cc(C(=O)Nc2ccc(N3CCOCC3)nc2)ncn1. The van der Waals surface area contributed by atoms with Crippen LogP contribution in [0.25, 0.3) is 0 Å². The lowest BCUT2D eigenvalue weighted by Gasteiger charge is -2.27. The molecule has 1 saturated carbocycles. The largest absolute Gasteiger partial charge is 0.378 e. The van der Waals surface area contributed by atoms with E-state index in [4.69, 9.17) is 4.74 Å². The number of carbonyl (C=O) groups excluding carboxylic acids is 1. The molecule has 4 rings (SSSR count). The van der Waals surface area contributed by atoms with Crippen molar-refractivity contribution in [3.8, 4) is 0 Å². The van der Waals surface area contributed by atoms with Gasteiger partial charge in [-0.25, -0.2) is 15.0 Å². The molecule has 0 atom stereocenters. The van der Waals surface area contributed by atoms with E-state index in [-0.39, 0.29) is 5.91 Å². The minimum atomic E-state index is -0.264. The monoisotopic (exact) mass is 368 g/mol. The molecule has 2 aromatic heterocycles. The Labute approximate surface area is 158 Å². The number of aromatic nitrogens is 3. The van der Waals surface area contributed by atoms with E-state index in [0.717, 1.165) is 37.2 Å². The van der Waals surface area contributed by atoms with E-state index in [1.165, 1.54) is 19.2 Å². The maximum absolute atomic E-state index is 12.5. The van der Waals surface area contributed by atoms with Crippen LogP contribution in [-0.4, -0.2) is 60.8 Å². The van der Waals surface area contributed by atoms with Gasteiger partial charge in [0.15, 0.2) is 0 Å². The van der Waals surface area contributed by atoms with Gasteiger partial charge in [-0.2, -0.15) is 0 Å². The molecule has 0 radical (unpaired) electrons. The van der Waals surface area contributed by atoms with Gasteiger partial charge >= 0.3 is 0 Å². The number of ether oxygens (including phenoxy) is 1. The first-order valence-corrected chi connectivity index (χ1v) is 9.32. The number of nitrogens with one attached hydrogen (secondary N) is 1. The van der Waals surface area contributed by atoms with Crippen molar-refractivity contribution in [3.63, 3.8) is 0 Å². The first-order chi connectivity index (χ1) is 13.2. The van der Waals surface area contributed by atoms with E-state index in [0.29, 0.717) is 24.6 Å². The summed E-state index contributed by atoms with van der Waals surface area (Å²) < 4.78 is 5.36. The van der Waals surface area contributed by atoms with E-state index < -0.39 is 0 Å². The van der Waals surface area contributed by atoms with E-state index >= 15 is 0 Å². The zero-order valence-electron chi connectivity index (χ0n) is 15.5. The molecule has 2 aromatic rings. The van der Waals surface area contributed by atoms with Crippen LogP contribution >= 0.6 is 0 Å². The number of hydrogen-bond donors (Lipinski definition) is 1. The standard InChI is InChI=1S/C19H24N6O2/c1-24(12-14-2-3-14)18-10-16(21-13-22-18)19(26)23-15-4-5-17(20-11-15)25-6-8-27-9-7-25/h4-5,10-11,13-14H,2-3,6-9,12H2,1H3,(H,23,26). The van der Waals surface area contributed by atoms with Gasteiger partial charge in [0.1, 0.15) is 23.7 Å². The zero-order valence-corrected chi connectivity index (χ0v) is 15.5. The molecule has 27 heavy (non-hydrogen) atoms. The fraction of sp³-hybridized carbons (Fsp3) is 0.474. The quantitative estimate of drug-likeness (QED) is 0.832. The van der Waals surface area contributed by atoms with Crippen LogP contribution in [0.2, 0.25) is 0 Å². The van der Waals surface area contributed by atoms with Crippen LogP contribution in [-0.2, 0) is 4.74 Å². The van der Waals surface area contributed by atoms with E-state index in [9.17, 15) is 4.79 Å². The number of morpholine rings is 1. The Morgan fingerprint density at radius 3 is 2.78 bits per heavy atom. The highest BCUT2D eigenvalue weighted by Gasteiger charge is 2.23. The van der Waals surface area contributed by atoms with Crippen molar-refractivity contribution in [1.82, 2.24) is 15.0 Å². The Kier molecular flexibility index (Phi) is 5.15. The van der Waals surface area contributed by atoms with Gasteiger partial charge in [-0.1, -0.05) is 0 Å². The number of amides is 1. The van der Waals surface area contributed by atoms with E-state index in [1.807, 2.05) is 19.2 Å². The van der Waals surface area contributed by atoms with Crippen molar-refractivity contribution >= 4 is 23.2 Å². The van der Waals surface area contributed by atoms with E-state index in [1.54, 1.807) is 12.3 Å². The predicted octanol–water partition coefficient (Wildman–Crippen LogP) is 1.81. The molecule has 2 aliphatic rings. The number of hydrogen-bond acceptors (Lipinski definition) is 7. The van der Waals surface area contributed by atoms with Gasteiger partial charge in [0, 0.05) is 32.7 Å². The van der Waals surface area contributed by atoms with Crippen molar-refractivity contribution in [2.24, 2.45) is 5.92 Å². The summed E-state index contributed by atoms with van der Waals surface area (Å²) in [6.07, 6.45) is 5.66. The average Bonchev–Trinajstić information content (AvgIpc) is 3.53. The molecule has 1 N–H and O–H groups in total. The third kappa shape index (κ3) is 4.51.